The lowest BCUT2D eigenvalue weighted by Gasteiger charge is -2.16. The molecule has 1 unspecified atom stereocenters. The van der Waals surface area contributed by atoms with Crippen molar-refractivity contribution in [2.45, 2.75) is 31.6 Å². The smallest absolute Gasteiger partial charge is 0.154 e. The molecule has 1 aromatic rings. The Kier molecular flexibility index (Phi) is 4.17. The number of oxime groups is 1. The molecule has 0 saturated carbocycles. The van der Waals surface area contributed by atoms with Gasteiger partial charge in [-0.1, -0.05) is 17.3 Å². The Bertz CT molecular complexity index is 480. The monoisotopic (exact) mass is 287 g/mol. The van der Waals surface area contributed by atoms with Gasteiger partial charge in [-0.05, 0) is 31.0 Å². The van der Waals surface area contributed by atoms with Crippen molar-refractivity contribution in [3.8, 4) is 0 Å². The Labute approximate surface area is 116 Å². The zero-order valence-electron chi connectivity index (χ0n) is 10.4. The standard InChI is InChI=1S/C13H15ClFNOS/c1-9-3-4-10(5-11(9)15)7-18-12-6-13(2,8-14)17-16-12/h3-5H,6-8H2,1-2H3. The lowest BCUT2D eigenvalue weighted by Crippen LogP contribution is -2.26. The van der Waals surface area contributed by atoms with E-state index in [-0.39, 0.29) is 11.4 Å². The minimum absolute atomic E-state index is 0.164. The topological polar surface area (TPSA) is 21.6 Å². The maximum atomic E-state index is 13.4. The highest BCUT2D eigenvalue weighted by Crippen LogP contribution is 2.30. The van der Waals surface area contributed by atoms with Crippen LogP contribution in [-0.2, 0) is 10.6 Å². The van der Waals surface area contributed by atoms with Gasteiger partial charge in [0.2, 0.25) is 0 Å². The predicted molar refractivity (Wildman–Crippen MR) is 74.7 cm³/mol. The van der Waals surface area contributed by atoms with Crippen LogP contribution in [0.15, 0.2) is 23.4 Å². The zero-order chi connectivity index (χ0) is 13.2. The van der Waals surface area contributed by atoms with Crippen molar-refractivity contribution in [1.82, 2.24) is 0 Å². The second-order valence-electron chi connectivity index (χ2n) is 4.71. The number of aryl methyl sites for hydroxylation is 1. The van der Waals surface area contributed by atoms with Crippen LogP contribution in [0.5, 0.6) is 0 Å². The van der Waals surface area contributed by atoms with Gasteiger partial charge >= 0.3 is 0 Å². The molecule has 0 bridgehead atoms. The molecule has 0 radical (unpaired) electrons. The van der Waals surface area contributed by atoms with Crippen LogP contribution in [0.4, 0.5) is 4.39 Å². The molecule has 0 aliphatic carbocycles. The van der Waals surface area contributed by atoms with E-state index in [1.807, 2.05) is 13.0 Å². The van der Waals surface area contributed by atoms with Crippen LogP contribution in [-0.4, -0.2) is 16.5 Å². The van der Waals surface area contributed by atoms with E-state index in [9.17, 15) is 4.39 Å². The van der Waals surface area contributed by atoms with Crippen LogP contribution < -0.4 is 0 Å². The third-order valence-corrected chi connectivity index (χ3v) is 4.41. The maximum absolute atomic E-state index is 13.4. The van der Waals surface area contributed by atoms with Gasteiger partial charge in [0.15, 0.2) is 5.60 Å². The van der Waals surface area contributed by atoms with Crippen LogP contribution in [0.3, 0.4) is 0 Å². The third-order valence-electron chi connectivity index (χ3n) is 2.82. The average molecular weight is 288 g/mol. The second kappa shape index (κ2) is 5.49. The van der Waals surface area contributed by atoms with Crippen LogP contribution in [0.1, 0.15) is 24.5 Å². The van der Waals surface area contributed by atoms with Gasteiger partial charge in [-0.2, -0.15) is 0 Å². The Hall–Kier alpha value is -0.740. The average Bonchev–Trinajstić information content (AvgIpc) is 2.74. The normalized spacial score (nSPS) is 22.8. The second-order valence-corrected chi connectivity index (χ2v) is 6.02. The molecule has 0 aromatic heterocycles. The molecule has 1 aliphatic heterocycles. The Morgan fingerprint density at radius 2 is 2.33 bits per heavy atom. The minimum atomic E-state index is -0.386. The number of alkyl halides is 1. The van der Waals surface area contributed by atoms with Crippen molar-refractivity contribution < 1.29 is 9.23 Å². The molecule has 2 rings (SSSR count). The van der Waals surface area contributed by atoms with Gasteiger partial charge in [0, 0.05) is 12.2 Å². The number of benzene rings is 1. The van der Waals surface area contributed by atoms with E-state index in [1.54, 1.807) is 30.8 Å². The first kappa shape index (κ1) is 13.7. The summed E-state index contributed by atoms with van der Waals surface area (Å²) < 4.78 is 13.4. The molecular formula is C13H15ClFNOS. The highest BCUT2D eigenvalue weighted by atomic mass is 35.5. The lowest BCUT2D eigenvalue weighted by atomic mass is 10.1. The molecule has 1 aliphatic rings. The summed E-state index contributed by atoms with van der Waals surface area (Å²) in [6.45, 7) is 3.69. The van der Waals surface area contributed by atoms with E-state index < -0.39 is 0 Å². The highest BCUT2D eigenvalue weighted by molar-refractivity contribution is 8.13. The fourth-order valence-corrected chi connectivity index (χ4v) is 2.74. The third kappa shape index (κ3) is 3.18. The molecule has 0 spiro atoms. The molecule has 1 heterocycles. The molecule has 0 saturated heterocycles. The minimum Gasteiger partial charge on any atom is -0.387 e. The number of nitrogens with zero attached hydrogens (tertiary/aromatic N) is 1. The van der Waals surface area contributed by atoms with Gasteiger partial charge in [0.25, 0.3) is 0 Å². The molecule has 0 N–H and O–H groups in total. The molecule has 98 valence electrons. The summed E-state index contributed by atoms with van der Waals surface area (Å²) in [5.74, 6) is 0.945. The molecule has 0 fully saturated rings. The lowest BCUT2D eigenvalue weighted by molar-refractivity contribution is 0.0152. The van der Waals surface area contributed by atoms with E-state index in [0.29, 0.717) is 17.2 Å². The highest BCUT2D eigenvalue weighted by Gasteiger charge is 2.33. The quantitative estimate of drug-likeness (QED) is 0.781. The fourth-order valence-electron chi connectivity index (χ4n) is 1.59. The zero-order valence-corrected chi connectivity index (χ0v) is 11.9. The number of rotatable bonds is 3. The van der Waals surface area contributed by atoms with E-state index in [0.717, 1.165) is 17.0 Å². The van der Waals surface area contributed by atoms with E-state index in [4.69, 9.17) is 16.4 Å². The first-order chi connectivity index (χ1) is 8.52. The first-order valence-corrected chi connectivity index (χ1v) is 7.23. The molecular weight excluding hydrogens is 273 g/mol. The summed E-state index contributed by atoms with van der Waals surface area (Å²) in [5, 5.41) is 4.93. The predicted octanol–water partition coefficient (Wildman–Crippen LogP) is 4.10. The summed E-state index contributed by atoms with van der Waals surface area (Å²) in [7, 11) is 0. The first-order valence-electron chi connectivity index (χ1n) is 5.71. The molecule has 1 aromatic carbocycles. The van der Waals surface area contributed by atoms with Crippen molar-refractivity contribution in [2.75, 3.05) is 5.88 Å². The van der Waals surface area contributed by atoms with Gasteiger partial charge in [0.1, 0.15) is 10.9 Å². The number of hydrogen-bond donors (Lipinski definition) is 0. The van der Waals surface area contributed by atoms with E-state index in [1.165, 1.54) is 0 Å². The Morgan fingerprint density at radius 1 is 1.56 bits per heavy atom. The van der Waals surface area contributed by atoms with Crippen molar-refractivity contribution in [2.24, 2.45) is 5.16 Å². The van der Waals surface area contributed by atoms with Crippen molar-refractivity contribution in [1.29, 1.82) is 0 Å². The summed E-state index contributed by atoms with van der Waals surface area (Å²) in [4.78, 5) is 5.29. The summed E-state index contributed by atoms with van der Waals surface area (Å²) >= 11 is 7.38. The molecule has 1 atom stereocenters. The summed E-state index contributed by atoms with van der Waals surface area (Å²) in [5.41, 5.74) is 1.23. The number of hydrogen-bond acceptors (Lipinski definition) is 3. The van der Waals surface area contributed by atoms with Gasteiger partial charge in [0.05, 0.1) is 5.88 Å². The molecule has 5 heteroatoms. The Balaban J connectivity index is 1.91. The Morgan fingerprint density at radius 3 is 2.94 bits per heavy atom. The molecule has 18 heavy (non-hydrogen) atoms. The van der Waals surface area contributed by atoms with Gasteiger partial charge in [-0.15, -0.1) is 23.4 Å². The van der Waals surface area contributed by atoms with Crippen LogP contribution >= 0.6 is 23.4 Å². The fraction of sp³-hybridized carbons (Fsp3) is 0.462. The summed E-state index contributed by atoms with van der Waals surface area (Å²) in [6, 6.07) is 5.29. The molecule has 2 nitrogen and oxygen atoms in total. The van der Waals surface area contributed by atoms with Crippen LogP contribution in [0, 0.1) is 12.7 Å². The van der Waals surface area contributed by atoms with Crippen molar-refractivity contribution in [3.63, 3.8) is 0 Å². The van der Waals surface area contributed by atoms with E-state index in [2.05, 4.69) is 5.16 Å². The SMILES string of the molecule is Cc1ccc(CSC2=NOC(C)(CCl)C2)cc1F. The van der Waals surface area contributed by atoms with Crippen LogP contribution in [0.2, 0.25) is 0 Å². The van der Waals surface area contributed by atoms with Gasteiger partial charge in [-0.25, -0.2) is 4.39 Å². The summed E-state index contributed by atoms with van der Waals surface area (Å²) in [6.07, 6.45) is 0.718. The van der Waals surface area contributed by atoms with Crippen LogP contribution in [0.25, 0.3) is 0 Å². The van der Waals surface area contributed by atoms with Gasteiger partial charge < -0.3 is 4.84 Å². The maximum Gasteiger partial charge on any atom is 0.154 e. The van der Waals surface area contributed by atoms with Crippen molar-refractivity contribution in [3.05, 3.63) is 35.1 Å². The van der Waals surface area contributed by atoms with E-state index >= 15 is 0 Å². The van der Waals surface area contributed by atoms with Crippen molar-refractivity contribution >= 4 is 28.4 Å². The van der Waals surface area contributed by atoms with Gasteiger partial charge in [-0.3, -0.25) is 0 Å². The number of halogens is 2. The molecule has 0 amide bonds. The number of thioether (sulfide) groups is 1. The largest absolute Gasteiger partial charge is 0.387 e.